The number of hydrogen-bond donors (Lipinski definition) is 3. The van der Waals surface area contributed by atoms with E-state index in [2.05, 4.69) is 62.6 Å². The molecule has 55 heavy (non-hydrogen) atoms. The van der Waals surface area contributed by atoms with Gasteiger partial charge < -0.3 is 24.9 Å². The first-order valence-electron chi connectivity index (χ1n) is 19.6. The fourth-order valence-corrected chi connectivity index (χ4v) is 8.57. The van der Waals surface area contributed by atoms with Gasteiger partial charge in [0.05, 0.1) is 43.3 Å². The zero-order valence-corrected chi connectivity index (χ0v) is 31.8. The van der Waals surface area contributed by atoms with Gasteiger partial charge in [0, 0.05) is 23.4 Å². The lowest BCUT2D eigenvalue weighted by Crippen LogP contribution is -2.51. The second-order valence-electron chi connectivity index (χ2n) is 15.4. The maximum Gasteiger partial charge on any atom is 0.407 e. The lowest BCUT2D eigenvalue weighted by Gasteiger charge is -2.30. The van der Waals surface area contributed by atoms with Crippen molar-refractivity contribution in [3.05, 3.63) is 107 Å². The average Bonchev–Trinajstić information content (AvgIpc) is 4.03. The molecule has 0 saturated carbocycles. The number of fused-ring (bicyclic) bond motifs is 3. The summed E-state index contributed by atoms with van der Waals surface area (Å²) in [4.78, 5) is 60.0. The summed E-state index contributed by atoms with van der Waals surface area (Å²) in [7, 11) is 1.31. The minimum Gasteiger partial charge on any atom is -0.453 e. The molecule has 2 fully saturated rings. The molecule has 8 rings (SSSR count). The van der Waals surface area contributed by atoms with Gasteiger partial charge in [-0.05, 0) is 79.7 Å². The molecule has 0 bridgehead atoms. The number of carbonyl (C=O) groups excluding carboxylic acids is 3. The summed E-state index contributed by atoms with van der Waals surface area (Å²) in [6.07, 6.45) is 7.84. The highest BCUT2D eigenvalue weighted by atomic mass is 16.5. The van der Waals surface area contributed by atoms with Crippen LogP contribution in [0.2, 0.25) is 0 Å². The molecule has 2 aromatic heterocycles. The van der Waals surface area contributed by atoms with E-state index in [4.69, 9.17) is 14.7 Å². The highest BCUT2D eigenvalue weighted by molar-refractivity contribution is 5.97. The molecule has 3 atom stereocenters. The van der Waals surface area contributed by atoms with E-state index in [0.29, 0.717) is 13.1 Å². The number of aromatic nitrogens is 4. The first kappa shape index (κ1) is 36.4. The quantitative estimate of drug-likeness (QED) is 0.125. The van der Waals surface area contributed by atoms with Gasteiger partial charge in [0.2, 0.25) is 5.91 Å². The maximum atomic E-state index is 13.7. The maximum absolute atomic E-state index is 13.7. The number of amides is 2. The summed E-state index contributed by atoms with van der Waals surface area (Å²) in [6.45, 7) is 5.75. The Kier molecular flexibility index (Phi) is 10.4. The molecule has 3 aliphatic rings. The van der Waals surface area contributed by atoms with Crippen molar-refractivity contribution in [1.29, 1.82) is 0 Å². The molecule has 11 nitrogen and oxygen atoms in total. The number of imidazole rings is 2. The largest absolute Gasteiger partial charge is 0.453 e. The molecular formula is C44H49N7O4. The van der Waals surface area contributed by atoms with Gasteiger partial charge in [-0.3, -0.25) is 14.5 Å². The predicted octanol–water partition coefficient (Wildman–Crippen LogP) is 7.69. The highest BCUT2D eigenvalue weighted by Crippen LogP contribution is 2.39. The van der Waals surface area contributed by atoms with Crippen molar-refractivity contribution >= 4 is 17.8 Å². The standard InChI is InChI=1S/C44H49N7O4/c1-27(2)39(49-44(54)55-3)43(53)51-23-9-15-37(51)42-46-34-13-7-12-32-24-31(20-21-33(32)40(34)48-42)28-16-18-29(19-17-28)35-25-45-41(47-35)36-14-8-22-50(36)26-38(52)30-10-5-4-6-11-30/h4-6,10-11,16-21,24-25,27,36-37,39H,7-9,12-15,22-23,26H2,1-3H3,(H,45,47)(H,46,48)(H,49,54)/t36-,37-,39-/m0/s1. The average molecular weight is 740 g/mol. The lowest BCUT2D eigenvalue weighted by molar-refractivity contribution is -0.135. The normalized spacial score (nSPS) is 18.8. The smallest absolute Gasteiger partial charge is 0.407 e. The van der Waals surface area contributed by atoms with Gasteiger partial charge in [-0.2, -0.15) is 0 Å². The van der Waals surface area contributed by atoms with Crippen LogP contribution in [0.4, 0.5) is 4.79 Å². The number of hydrogen-bond acceptors (Lipinski definition) is 7. The first-order chi connectivity index (χ1) is 26.8. The minimum atomic E-state index is -0.669. The number of Topliss-reactive ketones (excluding diaryl/α,β-unsaturated/α-hetero) is 1. The lowest BCUT2D eigenvalue weighted by atomic mass is 9.95. The Bertz CT molecular complexity index is 2170. The van der Waals surface area contributed by atoms with Crippen molar-refractivity contribution < 1.29 is 19.1 Å². The third-order valence-corrected chi connectivity index (χ3v) is 11.5. The third kappa shape index (κ3) is 7.45. The van der Waals surface area contributed by atoms with E-state index in [-0.39, 0.29) is 29.7 Å². The van der Waals surface area contributed by atoms with E-state index in [1.807, 2.05) is 55.3 Å². The minimum absolute atomic E-state index is 0.0885. The Balaban J connectivity index is 0.970. The Morgan fingerprint density at radius 3 is 2.38 bits per heavy atom. The fourth-order valence-electron chi connectivity index (χ4n) is 8.57. The van der Waals surface area contributed by atoms with E-state index >= 15 is 0 Å². The molecule has 284 valence electrons. The molecule has 2 aliphatic heterocycles. The van der Waals surface area contributed by atoms with Crippen LogP contribution in [-0.4, -0.2) is 80.3 Å². The van der Waals surface area contributed by atoms with Crippen molar-refractivity contribution in [2.24, 2.45) is 5.92 Å². The van der Waals surface area contributed by atoms with Crippen LogP contribution in [0.15, 0.2) is 79.0 Å². The number of ketones is 1. The number of carbonyl (C=O) groups is 3. The summed E-state index contributed by atoms with van der Waals surface area (Å²) in [6, 6.07) is 24.0. The van der Waals surface area contributed by atoms with Gasteiger partial charge >= 0.3 is 6.09 Å². The van der Waals surface area contributed by atoms with Crippen LogP contribution in [0.25, 0.3) is 33.6 Å². The Morgan fingerprint density at radius 2 is 1.60 bits per heavy atom. The first-order valence-corrected chi connectivity index (χ1v) is 19.6. The van der Waals surface area contributed by atoms with Crippen LogP contribution in [0.3, 0.4) is 0 Å². The van der Waals surface area contributed by atoms with Crippen molar-refractivity contribution in [3.63, 3.8) is 0 Å². The van der Waals surface area contributed by atoms with Gasteiger partial charge in [0.15, 0.2) is 5.78 Å². The van der Waals surface area contributed by atoms with Crippen LogP contribution in [0.5, 0.6) is 0 Å². The Labute approximate surface area is 321 Å². The number of nitrogens with zero attached hydrogens (tertiary/aromatic N) is 4. The van der Waals surface area contributed by atoms with Gasteiger partial charge in [-0.1, -0.05) is 86.6 Å². The van der Waals surface area contributed by atoms with Crippen molar-refractivity contribution in [2.45, 2.75) is 76.9 Å². The van der Waals surface area contributed by atoms with Gasteiger partial charge in [-0.25, -0.2) is 14.8 Å². The third-order valence-electron chi connectivity index (χ3n) is 11.5. The van der Waals surface area contributed by atoms with Crippen LogP contribution in [0.1, 0.15) is 91.3 Å². The van der Waals surface area contributed by atoms with Crippen molar-refractivity contribution in [1.82, 2.24) is 35.1 Å². The van der Waals surface area contributed by atoms with Crippen LogP contribution >= 0.6 is 0 Å². The van der Waals surface area contributed by atoms with Gasteiger partial charge in [0.25, 0.3) is 0 Å². The van der Waals surface area contributed by atoms with E-state index in [0.717, 1.165) is 108 Å². The van der Waals surface area contributed by atoms with Gasteiger partial charge in [0.1, 0.15) is 17.7 Å². The van der Waals surface area contributed by atoms with E-state index in [1.54, 1.807) is 0 Å². The molecule has 0 spiro atoms. The van der Waals surface area contributed by atoms with E-state index < -0.39 is 12.1 Å². The number of benzene rings is 3. The summed E-state index contributed by atoms with van der Waals surface area (Å²) in [5.74, 6) is 1.66. The van der Waals surface area contributed by atoms with Gasteiger partial charge in [-0.15, -0.1) is 0 Å². The summed E-state index contributed by atoms with van der Waals surface area (Å²) in [5, 5.41) is 2.74. The fraction of sp³-hybridized carbons (Fsp3) is 0.386. The number of ether oxygens (including phenoxy) is 1. The Hall–Kier alpha value is -5.55. The second kappa shape index (κ2) is 15.7. The van der Waals surface area contributed by atoms with E-state index in [9.17, 15) is 14.4 Å². The molecular weight excluding hydrogens is 691 g/mol. The number of H-pyrrole nitrogens is 2. The number of alkyl carbamates (subject to hydrolysis) is 1. The number of methoxy groups -OCH3 is 1. The molecule has 3 N–H and O–H groups in total. The molecule has 5 aromatic rings. The van der Waals surface area contributed by atoms with Crippen LogP contribution < -0.4 is 5.32 Å². The molecule has 2 saturated heterocycles. The summed E-state index contributed by atoms with van der Waals surface area (Å²) < 4.78 is 4.80. The number of likely N-dealkylation sites (tertiary alicyclic amines) is 2. The van der Waals surface area contributed by atoms with Crippen molar-refractivity contribution in [2.75, 3.05) is 26.7 Å². The van der Waals surface area contributed by atoms with Crippen LogP contribution in [0, 0.1) is 5.92 Å². The molecule has 4 heterocycles. The highest BCUT2D eigenvalue weighted by Gasteiger charge is 2.38. The molecule has 2 amide bonds. The molecule has 0 radical (unpaired) electrons. The number of aryl methyl sites for hydroxylation is 2. The molecule has 11 heteroatoms. The second-order valence-corrected chi connectivity index (χ2v) is 15.4. The molecule has 1 aliphatic carbocycles. The van der Waals surface area contributed by atoms with Crippen molar-refractivity contribution in [3.8, 4) is 33.6 Å². The summed E-state index contributed by atoms with van der Waals surface area (Å²) in [5.41, 5.74) is 9.56. The topological polar surface area (TPSA) is 136 Å². The molecule has 3 aromatic carbocycles. The predicted molar refractivity (Wildman–Crippen MR) is 211 cm³/mol. The zero-order chi connectivity index (χ0) is 38.1. The Morgan fingerprint density at radius 1 is 0.855 bits per heavy atom. The summed E-state index contributed by atoms with van der Waals surface area (Å²) >= 11 is 0. The number of rotatable bonds is 10. The molecule has 0 unspecified atom stereocenters. The van der Waals surface area contributed by atoms with Crippen LogP contribution in [-0.2, 0) is 22.4 Å². The SMILES string of the molecule is COC(=O)N[C@H](C(=O)N1CCC[C@H]1c1nc2c([nH]1)CCCc1cc(-c3ccc(-c4cnc([C@@H]5CCCN5CC(=O)c5ccccc5)[nH]4)cc3)ccc1-2)C(C)C. The zero-order valence-electron chi connectivity index (χ0n) is 31.8. The van der Waals surface area contributed by atoms with E-state index in [1.165, 1.54) is 12.7 Å². The monoisotopic (exact) mass is 739 g/mol. The number of nitrogens with one attached hydrogen (secondary N) is 3. The number of aromatic amines is 2.